The topological polar surface area (TPSA) is 44.5 Å². The average Bonchev–Trinajstić information content (AvgIpc) is 1.89. The van der Waals surface area contributed by atoms with Crippen molar-refractivity contribution in [3.8, 4) is 0 Å². The zero-order valence-electron chi connectivity index (χ0n) is 5.67. The predicted octanol–water partition coefficient (Wildman–Crippen LogP) is -0.251. The average molecular weight is 131 g/mol. The van der Waals surface area contributed by atoms with Crippen molar-refractivity contribution >= 4 is 0 Å². The van der Waals surface area contributed by atoms with Crippen molar-refractivity contribution in [2.75, 3.05) is 20.3 Å². The lowest BCUT2D eigenvalue weighted by molar-refractivity contribution is -0.0411. The van der Waals surface area contributed by atoms with Gasteiger partial charge in [-0.1, -0.05) is 0 Å². The minimum absolute atomic E-state index is 0.110. The molecule has 3 nitrogen and oxygen atoms in total. The van der Waals surface area contributed by atoms with Crippen molar-refractivity contribution in [2.45, 2.75) is 18.6 Å². The molecule has 1 heterocycles. The van der Waals surface area contributed by atoms with Crippen LogP contribution in [-0.4, -0.2) is 32.5 Å². The van der Waals surface area contributed by atoms with Gasteiger partial charge in [0.2, 0.25) is 0 Å². The van der Waals surface area contributed by atoms with Gasteiger partial charge < -0.3 is 15.2 Å². The monoisotopic (exact) mass is 131 g/mol. The third kappa shape index (κ3) is 1.64. The molecule has 1 fully saturated rings. The van der Waals surface area contributed by atoms with Gasteiger partial charge in [0.1, 0.15) is 0 Å². The van der Waals surface area contributed by atoms with Gasteiger partial charge in [-0.05, 0) is 6.42 Å². The van der Waals surface area contributed by atoms with E-state index in [4.69, 9.17) is 15.2 Å². The van der Waals surface area contributed by atoms with E-state index in [9.17, 15) is 0 Å². The second-order valence-corrected chi connectivity index (χ2v) is 2.30. The largest absolute Gasteiger partial charge is 0.379 e. The fourth-order valence-corrected chi connectivity index (χ4v) is 0.971. The van der Waals surface area contributed by atoms with Gasteiger partial charge in [-0.3, -0.25) is 0 Å². The fourth-order valence-electron chi connectivity index (χ4n) is 0.971. The summed E-state index contributed by atoms with van der Waals surface area (Å²) in [7, 11) is 1.67. The van der Waals surface area contributed by atoms with Gasteiger partial charge in [0.25, 0.3) is 0 Å². The van der Waals surface area contributed by atoms with E-state index in [0.717, 1.165) is 13.0 Å². The minimum atomic E-state index is 0.110. The van der Waals surface area contributed by atoms with Crippen LogP contribution in [0.5, 0.6) is 0 Å². The van der Waals surface area contributed by atoms with Crippen LogP contribution in [0.15, 0.2) is 0 Å². The number of hydrogen-bond donors (Lipinski definition) is 1. The van der Waals surface area contributed by atoms with E-state index in [-0.39, 0.29) is 12.1 Å². The molecular formula is C6H13NO2. The smallest absolute Gasteiger partial charge is 0.0955 e. The highest BCUT2D eigenvalue weighted by Gasteiger charge is 2.21. The van der Waals surface area contributed by atoms with Crippen LogP contribution in [0.4, 0.5) is 0 Å². The molecular weight excluding hydrogens is 118 g/mol. The van der Waals surface area contributed by atoms with E-state index in [1.807, 2.05) is 0 Å². The fraction of sp³-hybridized carbons (Fsp3) is 1.00. The van der Waals surface area contributed by atoms with E-state index < -0.39 is 0 Å². The Morgan fingerprint density at radius 2 is 2.44 bits per heavy atom. The number of rotatable bonds is 1. The number of nitrogens with two attached hydrogens (primary N) is 1. The SMILES string of the molecule is COC1COCC[C@@H]1N. The van der Waals surface area contributed by atoms with Gasteiger partial charge in [0, 0.05) is 19.8 Å². The quantitative estimate of drug-likeness (QED) is 0.533. The first-order valence-electron chi connectivity index (χ1n) is 3.20. The summed E-state index contributed by atoms with van der Waals surface area (Å²) in [5, 5.41) is 0. The zero-order chi connectivity index (χ0) is 6.69. The molecule has 1 rings (SSSR count). The Balaban J connectivity index is 2.30. The molecule has 54 valence electrons. The minimum Gasteiger partial charge on any atom is -0.379 e. The summed E-state index contributed by atoms with van der Waals surface area (Å²) in [6.07, 6.45) is 1.03. The van der Waals surface area contributed by atoms with E-state index in [1.54, 1.807) is 7.11 Å². The summed E-state index contributed by atoms with van der Waals surface area (Å²) in [6, 6.07) is 0.170. The molecule has 0 aromatic carbocycles. The Kier molecular flexibility index (Phi) is 2.45. The summed E-state index contributed by atoms with van der Waals surface area (Å²) in [5.74, 6) is 0. The third-order valence-corrected chi connectivity index (χ3v) is 1.66. The Morgan fingerprint density at radius 1 is 1.67 bits per heavy atom. The molecule has 0 saturated carbocycles. The van der Waals surface area contributed by atoms with Crippen LogP contribution in [0.3, 0.4) is 0 Å². The van der Waals surface area contributed by atoms with E-state index in [0.29, 0.717) is 6.61 Å². The van der Waals surface area contributed by atoms with Crippen LogP contribution in [0.25, 0.3) is 0 Å². The van der Waals surface area contributed by atoms with Crippen LogP contribution in [0.1, 0.15) is 6.42 Å². The van der Waals surface area contributed by atoms with Crippen LogP contribution < -0.4 is 5.73 Å². The summed E-state index contributed by atoms with van der Waals surface area (Å²) < 4.78 is 10.2. The van der Waals surface area contributed by atoms with E-state index in [2.05, 4.69) is 0 Å². The molecule has 0 aromatic rings. The van der Waals surface area contributed by atoms with Crippen molar-refractivity contribution in [3.05, 3.63) is 0 Å². The molecule has 1 saturated heterocycles. The number of methoxy groups -OCH3 is 1. The normalized spacial score (nSPS) is 36.7. The standard InChI is InChI=1S/C6H13NO2/c1-8-6-4-9-3-2-5(6)7/h5-6H,2-4,7H2,1H3/t5-,6?/m0/s1. The highest BCUT2D eigenvalue weighted by Crippen LogP contribution is 2.07. The molecule has 0 spiro atoms. The Bertz CT molecular complexity index is 87.1. The van der Waals surface area contributed by atoms with Gasteiger partial charge in [-0.25, -0.2) is 0 Å². The first kappa shape index (κ1) is 6.99. The van der Waals surface area contributed by atoms with Crippen LogP contribution >= 0.6 is 0 Å². The molecule has 1 aliphatic rings. The maximum Gasteiger partial charge on any atom is 0.0955 e. The summed E-state index contributed by atoms with van der Waals surface area (Å²) in [4.78, 5) is 0. The van der Waals surface area contributed by atoms with Crippen molar-refractivity contribution in [3.63, 3.8) is 0 Å². The highest BCUT2D eigenvalue weighted by molar-refractivity contribution is 4.75. The zero-order valence-corrected chi connectivity index (χ0v) is 5.67. The molecule has 0 aromatic heterocycles. The van der Waals surface area contributed by atoms with Crippen LogP contribution in [-0.2, 0) is 9.47 Å². The van der Waals surface area contributed by atoms with Gasteiger partial charge in [-0.2, -0.15) is 0 Å². The number of hydrogen-bond acceptors (Lipinski definition) is 3. The molecule has 1 aliphatic heterocycles. The molecule has 0 amide bonds. The summed E-state index contributed by atoms with van der Waals surface area (Å²) in [5.41, 5.74) is 5.68. The molecule has 0 radical (unpaired) electrons. The van der Waals surface area contributed by atoms with Gasteiger partial charge in [-0.15, -0.1) is 0 Å². The maximum atomic E-state index is 5.68. The van der Waals surface area contributed by atoms with E-state index in [1.165, 1.54) is 0 Å². The molecule has 1 unspecified atom stereocenters. The lowest BCUT2D eigenvalue weighted by atomic mass is 10.1. The molecule has 0 aliphatic carbocycles. The first-order chi connectivity index (χ1) is 4.34. The first-order valence-corrected chi connectivity index (χ1v) is 3.20. The molecule has 0 bridgehead atoms. The number of ether oxygens (including phenoxy) is 2. The second kappa shape index (κ2) is 3.15. The lowest BCUT2D eigenvalue weighted by Gasteiger charge is -2.26. The van der Waals surface area contributed by atoms with Crippen molar-refractivity contribution in [1.29, 1.82) is 0 Å². The predicted molar refractivity (Wildman–Crippen MR) is 34.2 cm³/mol. The van der Waals surface area contributed by atoms with Crippen LogP contribution in [0.2, 0.25) is 0 Å². The van der Waals surface area contributed by atoms with Gasteiger partial charge >= 0.3 is 0 Å². The maximum absolute atomic E-state index is 5.68. The Hall–Kier alpha value is -0.120. The Labute approximate surface area is 55.1 Å². The Morgan fingerprint density at radius 3 is 2.89 bits per heavy atom. The van der Waals surface area contributed by atoms with Crippen molar-refractivity contribution < 1.29 is 9.47 Å². The molecule has 2 atom stereocenters. The summed E-state index contributed by atoms with van der Waals surface area (Å²) >= 11 is 0. The van der Waals surface area contributed by atoms with Crippen molar-refractivity contribution in [1.82, 2.24) is 0 Å². The molecule has 2 N–H and O–H groups in total. The van der Waals surface area contributed by atoms with Gasteiger partial charge in [0.05, 0.1) is 12.7 Å². The third-order valence-electron chi connectivity index (χ3n) is 1.66. The molecule has 3 heteroatoms. The lowest BCUT2D eigenvalue weighted by Crippen LogP contribution is -2.43. The second-order valence-electron chi connectivity index (χ2n) is 2.30. The summed E-state index contributed by atoms with van der Waals surface area (Å²) in [6.45, 7) is 1.43. The highest BCUT2D eigenvalue weighted by atomic mass is 16.5. The van der Waals surface area contributed by atoms with Crippen LogP contribution in [0, 0.1) is 0 Å². The molecule has 9 heavy (non-hydrogen) atoms. The van der Waals surface area contributed by atoms with Crippen molar-refractivity contribution in [2.24, 2.45) is 5.73 Å². The van der Waals surface area contributed by atoms with Gasteiger partial charge in [0.15, 0.2) is 0 Å². The van der Waals surface area contributed by atoms with E-state index >= 15 is 0 Å².